The summed E-state index contributed by atoms with van der Waals surface area (Å²) in [6, 6.07) is 6.20. The van der Waals surface area contributed by atoms with E-state index in [4.69, 9.17) is 12.2 Å². The van der Waals surface area contributed by atoms with Crippen molar-refractivity contribution < 1.29 is 0 Å². The Kier molecular flexibility index (Phi) is 4.21. The van der Waals surface area contributed by atoms with Crippen molar-refractivity contribution in [3.63, 3.8) is 0 Å². The summed E-state index contributed by atoms with van der Waals surface area (Å²) >= 11 is 8.97. The van der Waals surface area contributed by atoms with Gasteiger partial charge in [0.1, 0.15) is 10.5 Å². The van der Waals surface area contributed by atoms with Crippen molar-refractivity contribution in [2.75, 3.05) is 0 Å². The van der Waals surface area contributed by atoms with Gasteiger partial charge in [0.25, 0.3) is 0 Å². The summed E-state index contributed by atoms with van der Waals surface area (Å²) in [5.74, 6) is 1.21. The molecule has 1 N–H and O–H groups in total. The van der Waals surface area contributed by atoms with E-state index in [0.717, 1.165) is 27.1 Å². The van der Waals surface area contributed by atoms with Crippen LogP contribution in [-0.2, 0) is 0 Å². The van der Waals surface area contributed by atoms with E-state index in [9.17, 15) is 0 Å². The molecule has 100 valence electrons. The third-order valence-corrected chi connectivity index (χ3v) is 4.34. The van der Waals surface area contributed by atoms with Gasteiger partial charge in [-0.2, -0.15) is 0 Å². The first-order valence-electron chi connectivity index (χ1n) is 6.27. The zero-order chi connectivity index (χ0) is 14.2. The zero-order valence-electron chi connectivity index (χ0n) is 11.5. The second kappa shape index (κ2) is 5.55. The van der Waals surface area contributed by atoms with Crippen molar-refractivity contribution in [3.05, 3.63) is 44.1 Å². The van der Waals surface area contributed by atoms with Gasteiger partial charge in [-0.3, -0.25) is 0 Å². The molecule has 0 saturated heterocycles. The van der Waals surface area contributed by atoms with E-state index in [1.165, 1.54) is 5.56 Å². The highest BCUT2D eigenvalue weighted by Gasteiger charge is 2.10. The van der Waals surface area contributed by atoms with Crippen molar-refractivity contribution in [2.45, 2.75) is 33.6 Å². The molecular formula is C15H17BrN2S. The summed E-state index contributed by atoms with van der Waals surface area (Å²) in [5, 5.41) is 0. The molecule has 1 aromatic carbocycles. The quantitative estimate of drug-likeness (QED) is 0.753. The summed E-state index contributed by atoms with van der Waals surface area (Å²) in [6.07, 6.45) is 0. The standard InChI is InChI=1S/C15H17BrN2S/c1-8(2)13-10(4)17-14(18-15(13)19)11-6-5-9(3)12(16)7-11/h5-8H,1-4H3,(H,17,18,19). The van der Waals surface area contributed by atoms with E-state index in [1.54, 1.807) is 0 Å². The lowest BCUT2D eigenvalue weighted by Crippen LogP contribution is -2.01. The lowest BCUT2D eigenvalue weighted by Gasteiger charge is -2.12. The summed E-state index contributed by atoms with van der Waals surface area (Å²) in [7, 11) is 0. The largest absolute Gasteiger partial charge is 0.343 e. The molecule has 0 aliphatic heterocycles. The molecule has 0 atom stereocenters. The molecule has 0 unspecified atom stereocenters. The maximum absolute atomic E-state index is 5.42. The van der Waals surface area contributed by atoms with E-state index >= 15 is 0 Å². The molecule has 0 radical (unpaired) electrons. The zero-order valence-corrected chi connectivity index (χ0v) is 13.9. The molecule has 0 fully saturated rings. The van der Waals surface area contributed by atoms with Crippen molar-refractivity contribution in [1.82, 2.24) is 9.97 Å². The molecule has 0 saturated carbocycles. The SMILES string of the molecule is Cc1ccc(-c2nc(=S)c(C(C)C)c(C)[nH]2)cc1Br. The monoisotopic (exact) mass is 336 g/mol. The Morgan fingerprint density at radius 1 is 1.26 bits per heavy atom. The van der Waals surface area contributed by atoms with Crippen LogP contribution in [0.15, 0.2) is 22.7 Å². The van der Waals surface area contributed by atoms with Crippen LogP contribution < -0.4 is 0 Å². The molecule has 0 aliphatic carbocycles. The van der Waals surface area contributed by atoms with E-state index in [1.807, 2.05) is 0 Å². The Morgan fingerprint density at radius 3 is 2.47 bits per heavy atom. The van der Waals surface area contributed by atoms with Crippen LogP contribution in [0.5, 0.6) is 0 Å². The van der Waals surface area contributed by atoms with Gasteiger partial charge in [0, 0.05) is 21.3 Å². The number of aromatic amines is 1. The van der Waals surface area contributed by atoms with Gasteiger partial charge in [0.05, 0.1) is 0 Å². The number of halogens is 1. The number of hydrogen-bond acceptors (Lipinski definition) is 2. The van der Waals surface area contributed by atoms with E-state index in [0.29, 0.717) is 10.6 Å². The minimum absolute atomic E-state index is 0.384. The Balaban J connectivity index is 2.58. The number of aryl methyl sites for hydroxylation is 2. The van der Waals surface area contributed by atoms with Gasteiger partial charge in [-0.25, -0.2) is 4.98 Å². The fourth-order valence-corrected chi connectivity index (χ4v) is 3.01. The smallest absolute Gasteiger partial charge is 0.139 e. The fourth-order valence-electron chi connectivity index (χ4n) is 2.15. The first-order valence-corrected chi connectivity index (χ1v) is 7.47. The maximum Gasteiger partial charge on any atom is 0.139 e. The molecule has 0 amide bonds. The van der Waals surface area contributed by atoms with Gasteiger partial charge in [0.2, 0.25) is 0 Å². The Hall–Kier alpha value is -1.00. The molecule has 4 heteroatoms. The number of benzene rings is 1. The van der Waals surface area contributed by atoms with Crippen molar-refractivity contribution in [2.24, 2.45) is 0 Å². The normalized spacial score (nSPS) is 11.1. The Morgan fingerprint density at radius 2 is 1.95 bits per heavy atom. The average Bonchev–Trinajstić information content (AvgIpc) is 2.31. The van der Waals surface area contributed by atoms with Crippen LogP contribution in [0, 0.1) is 18.5 Å². The van der Waals surface area contributed by atoms with Gasteiger partial charge >= 0.3 is 0 Å². The van der Waals surface area contributed by atoms with E-state index in [-0.39, 0.29) is 0 Å². The number of nitrogens with zero attached hydrogens (tertiary/aromatic N) is 1. The minimum Gasteiger partial charge on any atom is -0.343 e. The third-order valence-electron chi connectivity index (χ3n) is 3.18. The van der Waals surface area contributed by atoms with Gasteiger partial charge in [-0.05, 0) is 31.4 Å². The topological polar surface area (TPSA) is 28.7 Å². The Labute approximate surface area is 127 Å². The summed E-state index contributed by atoms with van der Waals surface area (Å²) < 4.78 is 1.77. The molecule has 19 heavy (non-hydrogen) atoms. The number of hydrogen-bond donors (Lipinski definition) is 1. The molecule has 0 spiro atoms. The number of H-pyrrole nitrogens is 1. The third kappa shape index (κ3) is 2.95. The highest BCUT2D eigenvalue weighted by atomic mass is 79.9. The summed E-state index contributed by atoms with van der Waals surface area (Å²) in [6.45, 7) is 8.39. The highest BCUT2D eigenvalue weighted by molar-refractivity contribution is 9.10. The average molecular weight is 337 g/mol. The van der Waals surface area contributed by atoms with Crippen LogP contribution in [0.1, 0.15) is 36.6 Å². The minimum atomic E-state index is 0.384. The fraction of sp³-hybridized carbons (Fsp3) is 0.333. The first-order chi connectivity index (χ1) is 8.90. The van der Waals surface area contributed by atoms with Gasteiger partial charge < -0.3 is 4.98 Å². The first kappa shape index (κ1) is 14.4. The molecular weight excluding hydrogens is 320 g/mol. The highest BCUT2D eigenvalue weighted by Crippen LogP contribution is 2.25. The van der Waals surface area contributed by atoms with Crippen molar-refractivity contribution in [1.29, 1.82) is 0 Å². The van der Waals surface area contributed by atoms with Gasteiger partial charge in [0.15, 0.2) is 0 Å². The van der Waals surface area contributed by atoms with Crippen LogP contribution in [-0.4, -0.2) is 9.97 Å². The number of rotatable bonds is 2. The Bertz CT molecular complexity index is 674. The lowest BCUT2D eigenvalue weighted by molar-refractivity contribution is 0.825. The van der Waals surface area contributed by atoms with Gasteiger partial charge in [-0.1, -0.05) is 54.1 Å². The molecule has 1 heterocycles. The molecule has 1 aromatic heterocycles. The maximum atomic E-state index is 5.42. The van der Waals surface area contributed by atoms with Crippen molar-refractivity contribution in [3.8, 4) is 11.4 Å². The van der Waals surface area contributed by atoms with E-state index in [2.05, 4.69) is 71.8 Å². The summed E-state index contributed by atoms with van der Waals surface area (Å²) in [4.78, 5) is 7.90. The molecule has 0 aliphatic rings. The van der Waals surface area contributed by atoms with Crippen LogP contribution >= 0.6 is 28.1 Å². The number of aromatic nitrogens is 2. The van der Waals surface area contributed by atoms with Crippen LogP contribution in [0.25, 0.3) is 11.4 Å². The summed E-state index contributed by atoms with van der Waals surface area (Å²) in [5.41, 5.74) is 4.48. The lowest BCUT2D eigenvalue weighted by atomic mass is 10.0. The molecule has 2 aromatic rings. The van der Waals surface area contributed by atoms with E-state index < -0.39 is 0 Å². The van der Waals surface area contributed by atoms with Gasteiger partial charge in [-0.15, -0.1) is 0 Å². The molecule has 2 rings (SSSR count). The predicted molar refractivity (Wildman–Crippen MR) is 86.1 cm³/mol. The molecule has 2 nitrogen and oxygen atoms in total. The number of nitrogens with one attached hydrogen (secondary N) is 1. The van der Waals surface area contributed by atoms with Crippen LogP contribution in [0.4, 0.5) is 0 Å². The van der Waals surface area contributed by atoms with Crippen LogP contribution in [0.3, 0.4) is 0 Å². The van der Waals surface area contributed by atoms with Crippen LogP contribution in [0.2, 0.25) is 0 Å². The second-order valence-corrected chi connectivity index (χ2v) is 6.29. The van der Waals surface area contributed by atoms with Crippen molar-refractivity contribution >= 4 is 28.1 Å². The second-order valence-electron chi connectivity index (χ2n) is 5.05. The molecule has 0 bridgehead atoms. The predicted octanol–water partition coefficient (Wildman–Crippen LogP) is 5.31.